The maximum Gasteiger partial charge on any atom is 0.322 e. The summed E-state index contributed by atoms with van der Waals surface area (Å²) in [5.41, 5.74) is 12.4. The maximum absolute atomic E-state index is 6.31. The van der Waals surface area contributed by atoms with Crippen LogP contribution in [-0.2, 0) is 7.05 Å². The fraction of sp³-hybridized carbons (Fsp3) is 0.0800. The van der Waals surface area contributed by atoms with Gasteiger partial charge in [-0.3, -0.25) is 4.98 Å². The lowest BCUT2D eigenvalue weighted by Gasteiger charge is -2.10. The number of ether oxygens (including phenoxy) is 1. The largest absolute Gasteiger partial charge is 0.424 e. The van der Waals surface area contributed by atoms with Crippen molar-refractivity contribution in [2.75, 3.05) is 5.73 Å². The van der Waals surface area contributed by atoms with E-state index in [1.165, 1.54) is 6.33 Å². The molecule has 0 aliphatic carbocycles. The van der Waals surface area contributed by atoms with Gasteiger partial charge in [0.05, 0.1) is 16.8 Å². The predicted octanol–water partition coefficient (Wildman–Crippen LogP) is 4.81. The first-order chi connectivity index (χ1) is 16.0. The Morgan fingerprint density at radius 1 is 0.970 bits per heavy atom. The summed E-state index contributed by atoms with van der Waals surface area (Å²) in [5.74, 6) is 1.05. The van der Waals surface area contributed by atoms with Crippen LogP contribution in [0.2, 0.25) is 0 Å². The van der Waals surface area contributed by atoms with Crippen molar-refractivity contribution in [1.82, 2.24) is 29.5 Å². The SMILES string of the molecule is C=Cc1ccc(-c2c(-c3ccc(Oc4nccc(C)n4)cc3)c3c(N)ncnc3n2C)cn1. The van der Waals surface area contributed by atoms with E-state index in [-0.39, 0.29) is 0 Å². The highest BCUT2D eigenvalue weighted by Gasteiger charge is 2.22. The summed E-state index contributed by atoms with van der Waals surface area (Å²) in [7, 11) is 1.96. The molecule has 0 saturated heterocycles. The molecule has 4 heterocycles. The highest BCUT2D eigenvalue weighted by atomic mass is 16.5. The number of nitrogen functional groups attached to an aromatic ring is 1. The lowest BCUT2D eigenvalue weighted by molar-refractivity contribution is 0.440. The van der Waals surface area contributed by atoms with E-state index in [2.05, 4.69) is 31.5 Å². The van der Waals surface area contributed by atoms with Crippen molar-refractivity contribution in [1.29, 1.82) is 0 Å². The zero-order valence-corrected chi connectivity index (χ0v) is 18.2. The summed E-state index contributed by atoms with van der Waals surface area (Å²) >= 11 is 0. The summed E-state index contributed by atoms with van der Waals surface area (Å²) in [4.78, 5) is 21.6. The molecule has 0 radical (unpaired) electrons. The van der Waals surface area contributed by atoms with E-state index in [0.717, 1.165) is 44.8 Å². The molecular formula is C25H21N7O. The van der Waals surface area contributed by atoms with Crippen molar-refractivity contribution in [3.8, 4) is 34.1 Å². The van der Waals surface area contributed by atoms with E-state index in [9.17, 15) is 0 Å². The van der Waals surface area contributed by atoms with Gasteiger partial charge in [-0.25, -0.2) is 19.9 Å². The number of aromatic nitrogens is 6. The van der Waals surface area contributed by atoms with Gasteiger partial charge < -0.3 is 15.0 Å². The summed E-state index contributed by atoms with van der Waals surface area (Å²) in [5, 5.41) is 0.790. The number of benzene rings is 1. The molecule has 0 bridgehead atoms. The predicted molar refractivity (Wildman–Crippen MR) is 129 cm³/mol. The van der Waals surface area contributed by atoms with Gasteiger partial charge in [0.15, 0.2) is 0 Å². The second-order valence-corrected chi connectivity index (χ2v) is 7.52. The molecule has 0 spiro atoms. The highest BCUT2D eigenvalue weighted by Crippen LogP contribution is 2.41. The molecule has 0 unspecified atom stereocenters. The number of anilines is 1. The number of pyridine rings is 1. The first-order valence-corrected chi connectivity index (χ1v) is 10.3. The Balaban J connectivity index is 1.64. The Kier molecular flexibility index (Phi) is 5.02. The third-order valence-electron chi connectivity index (χ3n) is 5.39. The number of nitrogens with zero attached hydrogens (tertiary/aromatic N) is 6. The average molecular weight is 435 g/mol. The molecule has 4 aromatic heterocycles. The number of nitrogens with two attached hydrogens (primary N) is 1. The summed E-state index contributed by atoms with van der Waals surface area (Å²) in [6.45, 7) is 5.67. The molecule has 2 N–H and O–H groups in total. The lowest BCUT2D eigenvalue weighted by atomic mass is 9.99. The van der Waals surface area contributed by atoms with Gasteiger partial charge in [-0.2, -0.15) is 0 Å². The van der Waals surface area contributed by atoms with Crippen molar-refractivity contribution in [2.24, 2.45) is 7.05 Å². The molecule has 5 aromatic rings. The molecule has 0 atom stereocenters. The number of hydrogen-bond donors (Lipinski definition) is 1. The summed E-state index contributed by atoms with van der Waals surface area (Å²) in [6.07, 6.45) is 6.68. The Bertz CT molecular complexity index is 1470. The summed E-state index contributed by atoms with van der Waals surface area (Å²) in [6, 6.07) is 13.8. The molecule has 0 fully saturated rings. The molecule has 8 heteroatoms. The Labute approximate surface area is 190 Å². The Morgan fingerprint density at radius 3 is 2.45 bits per heavy atom. The van der Waals surface area contributed by atoms with Gasteiger partial charge in [0, 0.05) is 36.3 Å². The Morgan fingerprint density at radius 2 is 1.76 bits per heavy atom. The number of hydrogen-bond acceptors (Lipinski definition) is 7. The molecule has 0 aliphatic heterocycles. The topological polar surface area (TPSA) is 105 Å². The van der Waals surface area contributed by atoms with E-state index >= 15 is 0 Å². The van der Waals surface area contributed by atoms with Crippen molar-refractivity contribution in [3.63, 3.8) is 0 Å². The van der Waals surface area contributed by atoms with Crippen LogP contribution < -0.4 is 10.5 Å². The van der Waals surface area contributed by atoms with Gasteiger partial charge in [-0.1, -0.05) is 18.7 Å². The third-order valence-corrected chi connectivity index (χ3v) is 5.39. The lowest BCUT2D eigenvalue weighted by Crippen LogP contribution is -1.96. The van der Waals surface area contributed by atoms with Crippen molar-refractivity contribution >= 4 is 22.9 Å². The Hall–Kier alpha value is -4.59. The van der Waals surface area contributed by atoms with Crippen LogP contribution in [-0.4, -0.2) is 29.5 Å². The standard InChI is InChI=1S/C25H21N7O/c1-4-18-8-5-17(13-28-18)22-20(21-23(26)29-14-30-24(21)32(22)3)16-6-9-19(10-7-16)33-25-27-12-11-15(2)31-25/h4-14H,1H2,2-3H3,(H2,26,29,30). The molecule has 0 aliphatic rings. The van der Waals surface area contributed by atoms with Crippen LogP contribution in [0.4, 0.5) is 5.82 Å². The van der Waals surface area contributed by atoms with E-state index in [1.807, 2.05) is 67.2 Å². The monoisotopic (exact) mass is 435 g/mol. The molecule has 162 valence electrons. The van der Waals surface area contributed by atoms with Crippen LogP contribution >= 0.6 is 0 Å². The van der Waals surface area contributed by atoms with Crippen LogP contribution in [0.15, 0.2) is 67.8 Å². The van der Waals surface area contributed by atoms with Gasteiger partial charge in [-0.15, -0.1) is 0 Å². The van der Waals surface area contributed by atoms with Crippen molar-refractivity contribution < 1.29 is 4.74 Å². The fourth-order valence-corrected chi connectivity index (χ4v) is 3.83. The molecule has 0 saturated carbocycles. The molecule has 5 rings (SSSR count). The van der Waals surface area contributed by atoms with E-state index in [1.54, 1.807) is 12.3 Å². The molecule has 0 amide bonds. The number of aryl methyl sites for hydroxylation is 2. The van der Waals surface area contributed by atoms with Gasteiger partial charge in [0.2, 0.25) is 0 Å². The van der Waals surface area contributed by atoms with Crippen LogP contribution in [0, 0.1) is 6.92 Å². The zero-order chi connectivity index (χ0) is 22.9. The van der Waals surface area contributed by atoms with Gasteiger partial charge in [-0.05, 0) is 48.9 Å². The average Bonchev–Trinajstić information content (AvgIpc) is 3.13. The van der Waals surface area contributed by atoms with E-state index < -0.39 is 0 Å². The van der Waals surface area contributed by atoms with Crippen LogP contribution in [0.5, 0.6) is 11.8 Å². The second-order valence-electron chi connectivity index (χ2n) is 7.52. The van der Waals surface area contributed by atoms with E-state index in [4.69, 9.17) is 10.5 Å². The number of fused-ring (bicyclic) bond motifs is 1. The normalized spacial score (nSPS) is 11.0. The van der Waals surface area contributed by atoms with Crippen LogP contribution in [0.25, 0.3) is 39.5 Å². The van der Waals surface area contributed by atoms with Gasteiger partial charge in [0.1, 0.15) is 23.5 Å². The smallest absolute Gasteiger partial charge is 0.322 e. The molecule has 8 nitrogen and oxygen atoms in total. The van der Waals surface area contributed by atoms with Gasteiger partial charge in [0.25, 0.3) is 0 Å². The molecule has 33 heavy (non-hydrogen) atoms. The minimum atomic E-state index is 0.305. The maximum atomic E-state index is 6.31. The van der Waals surface area contributed by atoms with Crippen LogP contribution in [0.1, 0.15) is 11.4 Å². The van der Waals surface area contributed by atoms with Crippen molar-refractivity contribution in [2.45, 2.75) is 6.92 Å². The molecule has 1 aromatic carbocycles. The van der Waals surface area contributed by atoms with Crippen molar-refractivity contribution in [3.05, 3.63) is 79.2 Å². The fourth-order valence-electron chi connectivity index (χ4n) is 3.83. The first kappa shape index (κ1) is 20.3. The number of rotatable bonds is 5. The first-order valence-electron chi connectivity index (χ1n) is 10.3. The van der Waals surface area contributed by atoms with Crippen LogP contribution in [0.3, 0.4) is 0 Å². The van der Waals surface area contributed by atoms with Gasteiger partial charge >= 0.3 is 6.01 Å². The minimum Gasteiger partial charge on any atom is -0.424 e. The summed E-state index contributed by atoms with van der Waals surface area (Å²) < 4.78 is 7.82. The molecular weight excluding hydrogens is 414 g/mol. The third kappa shape index (κ3) is 3.67. The minimum absolute atomic E-state index is 0.305. The second kappa shape index (κ2) is 8.16. The van der Waals surface area contributed by atoms with E-state index in [0.29, 0.717) is 17.6 Å². The quantitative estimate of drug-likeness (QED) is 0.422. The zero-order valence-electron chi connectivity index (χ0n) is 18.2. The highest BCUT2D eigenvalue weighted by molar-refractivity contribution is 6.07.